The maximum absolute atomic E-state index is 12.3. The van der Waals surface area contributed by atoms with E-state index in [0.717, 1.165) is 68.7 Å². The summed E-state index contributed by atoms with van der Waals surface area (Å²) in [4.78, 5) is 24.2. The van der Waals surface area contributed by atoms with Gasteiger partial charge in [-0.05, 0) is 51.0 Å². The monoisotopic (exact) mass is 469 g/mol. The second-order valence-electron chi connectivity index (χ2n) is 8.56. The maximum Gasteiger partial charge on any atom is 0.273 e. The number of hydrogen-bond donors (Lipinski definition) is 1. The van der Waals surface area contributed by atoms with Crippen LogP contribution in [0.4, 0.5) is 8.78 Å². The Kier molecular flexibility index (Phi) is 7.67. The predicted molar refractivity (Wildman–Crippen MR) is 114 cm³/mol. The molecule has 32 heavy (non-hydrogen) atoms. The summed E-state index contributed by atoms with van der Waals surface area (Å²) >= 11 is 1.39. The van der Waals surface area contributed by atoms with E-state index in [4.69, 9.17) is 9.26 Å². The van der Waals surface area contributed by atoms with Gasteiger partial charge in [-0.1, -0.05) is 16.5 Å². The van der Waals surface area contributed by atoms with E-state index in [0.29, 0.717) is 22.8 Å². The lowest BCUT2D eigenvalue weighted by atomic mass is 9.84. The summed E-state index contributed by atoms with van der Waals surface area (Å²) < 4.78 is 34.7. The number of ether oxygens (including phenoxy) is 1. The van der Waals surface area contributed by atoms with Crippen LogP contribution in [0, 0.1) is 12.8 Å². The minimum atomic E-state index is -2.48. The van der Waals surface area contributed by atoms with Crippen molar-refractivity contribution in [2.45, 2.75) is 70.9 Å². The summed E-state index contributed by atoms with van der Waals surface area (Å²) in [7, 11) is 0. The molecule has 1 saturated carbocycles. The van der Waals surface area contributed by atoms with Crippen molar-refractivity contribution in [1.29, 1.82) is 0 Å². The van der Waals surface area contributed by atoms with E-state index in [2.05, 4.69) is 25.3 Å². The Balaban J connectivity index is 1.14. The number of nitrogens with zero attached hydrogens (tertiary/aromatic N) is 4. The molecular formula is C21H29F2N5O3S. The second kappa shape index (κ2) is 10.7. The highest BCUT2D eigenvalue weighted by Crippen LogP contribution is 2.31. The molecule has 8 nitrogen and oxygen atoms in total. The average molecular weight is 470 g/mol. The van der Waals surface area contributed by atoms with Gasteiger partial charge in [0.2, 0.25) is 11.8 Å². The summed E-state index contributed by atoms with van der Waals surface area (Å²) in [5, 5.41) is 7.22. The van der Waals surface area contributed by atoms with Gasteiger partial charge in [-0.3, -0.25) is 9.69 Å². The van der Waals surface area contributed by atoms with Gasteiger partial charge in [-0.15, -0.1) is 0 Å². The molecule has 3 heterocycles. The van der Waals surface area contributed by atoms with Crippen LogP contribution in [0.25, 0.3) is 0 Å². The normalized spacial score (nSPS) is 21.5. The van der Waals surface area contributed by atoms with Crippen LogP contribution in [-0.4, -0.2) is 58.1 Å². The molecule has 1 N–H and O–H groups in total. The number of amides is 1. The van der Waals surface area contributed by atoms with Gasteiger partial charge in [-0.25, -0.2) is 13.8 Å². The van der Waals surface area contributed by atoms with Crippen LogP contribution < -0.4 is 10.1 Å². The van der Waals surface area contributed by atoms with Crippen molar-refractivity contribution < 1.29 is 22.8 Å². The molecular weight excluding hydrogens is 440 g/mol. The molecule has 2 aliphatic rings. The zero-order valence-corrected chi connectivity index (χ0v) is 19.0. The first-order valence-electron chi connectivity index (χ1n) is 11.1. The molecule has 11 heteroatoms. The molecule has 2 aromatic heterocycles. The van der Waals surface area contributed by atoms with Gasteiger partial charge in [0.25, 0.3) is 11.6 Å². The lowest BCUT2D eigenvalue weighted by Gasteiger charge is -2.31. The summed E-state index contributed by atoms with van der Waals surface area (Å²) in [6, 6.07) is 0.214. The molecule has 0 bridgehead atoms. The van der Waals surface area contributed by atoms with E-state index in [1.54, 1.807) is 6.92 Å². The molecule has 2 aromatic rings. The Morgan fingerprint density at radius 1 is 1.31 bits per heavy atom. The van der Waals surface area contributed by atoms with Crippen molar-refractivity contribution in [2.24, 2.45) is 5.92 Å². The van der Waals surface area contributed by atoms with E-state index in [1.807, 2.05) is 0 Å². The first-order chi connectivity index (χ1) is 15.4. The number of aromatic nitrogens is 3. The topological polar surface area (TPSA) is 93.4 Å². The number of alkyl halides is 2. The first kappa shape index (κ1) is 23.0. The van der Waals surface area contributed by atoms with Gasteiger partial charge in [0.1, 0.15) is 0 Å². The zero-order chi connectivity index (χ0) is 22.5. The molecule has 0 saturated heterocycles. The quantitative estimate of drug-likeness (QED) is 0.603. The predicted octanol–water partition coefficient (Wildman–Crippen LogP) is 3.14. The molecule has 0 spiro atoms. The van der Waals surface area contributed by atoms with Gasteiger partial charge in [0.05, 0.1) is 12.1 Å². The van der Waals surface area contributed by atoms with E-state index < -0.39 is 13.0 Å². The van der Waals surface area contributed by atoms with Crippen LogP contribution in [-0.2, 0) is 24.2 Å². The van der Waals surface area contributed by atoms with Crippen molar-refractivity contribution in [3.05, 3.63) is 22.3 Å². The molecule has 176 valence electrons. The average Bonchev–Trinajstić information content (AvgIpc) is 3.36. The van der Waals surface area contributed by atoms with Crippen molar-refractivity contribution in [3.63, 3.8) is 0 Å². The van der Waals surface area contributed by atoms with Crippen LogP contribution in [0.3, 0.4) is 0 Å². The Hall–Kier alpha value is -2.14. The van der Waals surface area contributed by atoms with Crippen molar-refractivity contribution in [2.75, 3.05) is 19.7 Å². The molecule has 0 atom stereocenters. The van der Waals surface area contributed by atoms with Crippen LogP contribution in [0.1, 0.15) is 54.4 Å². The number of carbonyl (C=O) groups excluding carboxylic acids is 1. The van der Waals surface area contributed by atoms with Crippen LogP contribution in [0.5, 0.6) is 5.19 Å². The third-order valence-corrected chi connectivity index (χ3v) is 7.14. The molecule has 0 aromatic carbocycles. The van der Waals surface area contributed by atoms with Gasteiger partial charge in [0.15, 0.2) is 12.4 Å². The van der Waals surface area contributed by atoms with E-state index in [1.165, 1.54) is 11.3 Å². The second-order valence-corrected chi connectivity index (χ2v) is 9.60. The number of halogens is 2. The highest BCUT2D eigenvalue weighted by molar-refractivity contribution is 7.13. The summed E-state index contributed by atoms with van der Waals surface area (Å²) in [5.74, 6) is 1.49. The van der Waals surface area contributed by atoms with Gasteiger partial charge in [-0.2, -0.15) is 4.98 Å². The Labute approximate surface area is 189 Å². The minimum absolute atomic E-state index is 0.0569. The lowest BCUT2D eigenvalue weighted by molar-refractivity contribution is -0.121. The Bertz CT molecular complexity index is 898. The third-order valence-electron chi connectivity index (χ3n) is 6.07. The molecule has 0 radical (unpaired) electrons. The van der Waals surface area contributed by atoms with Gasteiger partial charge < -0.3 is 14.6 Å². The Morgan fingerprint density at radius 3 is 2.84 bits per heavy atom. The molecule has 1 fully saturated rings. The van der Waals surface area contributed by atoms with Crippen molar-refractivity contribution >= 4 is 17.2 Å². The fourth-order valence-corrected chi connectivity index (χ4v) is 5.33. The van der Waals surface area contributed by atoms with Gasteiger partial charge in [0, 0.05) is 30.9 Å². The molecule has 0 unspecified atom stereocenters. The third kappa shape index (κ3) is 6.44. The van der Waals surface area contributed by atoms with Crippen LogP contribution in [0.15, 0.2) is 4.52 Å². The number of thiazole rings is 1. The zero-order valence-electron chi connectivity index (χ0n) is 18.2. The molecule has 4 rings (SSSR count). The lowest BCUT2D eigenvalue weighted by Crippen LogP contribution is -2.39. The molecule has 1 aliphatic carbocycles. The number of fused-ring (bicyclic) bond motifs is 1. The smallest absolute Gasteiger partial charge is 0.273 e. The number of nitrogens with one attached hydrogen (secondary N) is 1. The van der Waals surface area contributed by atoms with Crippen LogP contribution >= 0.6 is 11.3 Å². The SMILES string of the molecule is Cc1nc(CC(=O)N[C@H]2CC[C@H](CCN3CCc4sc(OCC(F)F)nc4C3)CC2)no1. The number of hydrogen-bond acceptors (Lipinski definition) is 8. The number of carbonyl (C=O) groups is 1. The van der Waals surface area contributed by atoms with E-state index >= 15 is 0 Å². The largest absolute Gasteiger partial charge is 0.464 e. The van der Waals surface area contributed by atoms with E-state index in [-0.39, 0.29) is 18.4 Å². The number of aryl methyl sites for hydroxylation is 1. The standard InChI is InChI=1S/C21H29F2N5O3S/c1-13-24-19(27-31-13)10-20(29)25-15-4-2-14(3-5-15)6-8-28-9-7-17-16(11-28)26-21(32-17)30-12-18(22)23/h14-15,18H,2-12H2,1H3,(H,25,29)/t14-,15-. The highest BCUT2D eigenvalue weighted by Gasteiger charge is 2.25. The summed E-state index contributed by atoms with van der Waals surface area (Å²) in [6.07, 6.45) is 3.87. The fraction of sp³-hybridized carbons (Fsp3) is 0.714. The fourth-order valence-electron chi connectivity index (χ4n) is 4.41. The molecule has 1 amide bonds. The summed E-state index contributed by atoms with van der Waals surface area (Å²) in [5.41, 5.74) is 0.966. The van der Waals surface area contributed by atoms with Crippen molar-refractivity contribution in [3.8, 4) is 5.19 Å². The number of rotatable bonds is 9. The molecule has 1 aliphatic heterocycles. The van der Waals surface area contributed by atoms with Crippen LogP contribution in [0.2, 0.25) is 0 Å². The highest BCUT2D eigenvalue weighted by atomic mass is 32.1. The Morgan fingerprint density at radius 2 is 2.12 bits per heavy atom. The van der Waals surface area contributed by atoms with Crippen molar-refractivity contribution in [1.82, 2.24) is 25.3 Å². The summed E-state index contributed by atoms with van der Waals surface area (Å²) in [6.45, 7) is 3.83. The maximum atomic E-state index is 12.3. The van der Waals surface area contributed by atoms with Gasteiger partial charge >= 0.3 is 0 Å². The minimum Gasteiger partial charge on any atom is -0.464 e. The van der Waals surface area contributed by atoms with E-state index in [9.17, 15) is 13.6 Å². The first-order valence-corrected chi connectivity index (χ1v) is 12.0.